The molecule has 0 radical (unpaired) electrons. The second-order valence-electron chi connectivity index (χ2n) is 8.81. The third kappa shape index (κ3) is 4.31. The highest BCUT2D eigenvalue weighted by molar-refractivity contribution is 7.89. The van der Waals surface area contributed by atoms with Gasteiger partial charge >= 0.3 is 0 Å². The molecule has 1 amide bonds. The van der Waals surface area contributed by atoms with E-state index < -0.39 is 10.0 Å². The molecule has 0 unspecified atom stereocenters. The Labute approximate surface area is 174 Å². The first-order valence-corrected chi connectivity index (χ1v) is 12.6. The van der Waals surface area contributed by atoms with Crippen molar-refractivity contribution in [2.24, 2.45) is 5.92 Å². The zero-order chi connectivity index (χ0) is 20.4. The Bertz CT molecular complexity index is 835. The van der Waals surface area contributed by atoms with E-state index in [4.69, 9.17) is 0 Å². The van der Waals surface area contributed by atoms with Gasteiger partial charge in [-0.1, -0.05) is 13.3 Å². The maximum atomic E-state index is 13.4. The van der Waals surface area contributed by atoms with Crippen LogP contribution in [0, 0.1) is 5.92 Å². The number of nitrogens with zero attached hydrogens (tertiary/aromatic N) is 3. The third-order valence-electron chi connectivity index (χ3n) is 6.67. The number of carbonyl (C=O) groups is 1. The van der Waals surface area contributed by atoms with Gasteiger partial charge in [0.05, 0.1) is 10.5 Å². The lowest BCUT2D eigenvalue weighted by Gasteiger charge is -2.32. The van der Waals surface area contributed by atoms with Crippen LogP contribution in [0.3, 0.4) is 0 Å². The van der Waals surface area contributed by atoms with E-state index in [1.165, 1.54) is 0 Å². The highest BCUT2D eigenvalue weighted by Crippen LogP contribution is 2.31. The zero-order valence-electron chi connectivity index (χ0n) is 17.5. The lowest BCUT2D eigenvalue weighted by atomic mass is 9.98. The van der Waals surface area contributed by atoms with Gasteiger partial charge in [0.25, 0.3) is 5.91 Å². The zero-order valence-corrected chi connectivity index (χ0v) is 18.3. The summed E-state index contributed by atoms with van der Waals surface area (Å²) in [6.45, 7) is 6.73. The molecule has 3 saturated heterocycles. The van der Waals surface area contributed by atoms with E-state index in [1.54, 1.807) is 16.4 Å². The van der Waals surface area contributed by atoms with Crippen LogP contribution < -0.4 is 4.90 Å². The molecule has 3 aliphatic heterocycles. The van der Waals surface area contributed by atoms with Gasteiger partial charge < -0.3 is 9.80 Å². The Hall–Kier alpha value is -1.60. The molecule has 0 aromatic heterocycles. The number of sulfonamides is 1. The van der Waals surface area contributed by atoms with Gasteiger partial charge in [-0.15, -0.1) is 0 Å². The van der Waals surface area contributed by atoms with Crippen LogP contribution in [0.2, 0.25) is 0 Å². The van der Waals surface area contributed by atoms with Crippen LogP contribution in [0.4, 0.5) is 5.69 Å². The lowest BCUT2D eigenvalue weighted by molar-refractivity contribution is 0.0697. The maximum Gasteiger partial charge on any atom is 0.256 e. The van der Waals surface area contributed by atoms with E-state index in [2.05, 4.69) is 11.8 Å². The normalized spacial score (nSPS) is 22.2. The smallest absolute Gasteiger partial charge is 0.256 e. The highest BCUT2D eigenvalue weighted by atomic mass is 32.2. The van der Waals surface area contributed by atoms with Crippen LogP contribution in [0.5, 0.6) is 0 Å². The van der Waals surface area contributed by atoms with Gasteiger partial charge in [0.2, 0.25) is 10.0 Å². The minimum atomic E-state index is -3.55. The molecule has 29 heavy (non-hydrogen) atoms. The van der Waals surface area contributed by atoms with Crippen LogP contribution in [0.25, 0.3) is 0 Å². The number of benzene rings is 1. The summed E-state index contributed by atoms with van der Waals surface area (Å²) in [6.07, 6.45) is 7.14. The number of hydrogen-bond acceptors (Lipinski definition) is 4. The maximum absolute atomic E-state index is 13.4. The van der Waals surface area contributed by atoms with Crippen molar-refractivity contribution in [3.8, 4) is 0 Å². The highest BCUT2D eigenvalue weighted by Gasteiger charge is 2.30. The van der Waals surface area contributed by atoms with Gasteiger partial charge in [-0.2, -0.15) is 4.31 Å². The van der Waals surface area contributed by atoms with E-state index in [-0.39, 0.29) is 10.8 Å². The van der Waals surface area contributed by atoms with Gasteiger partial charge in [0.1, 0.15) is 0 Å². The first-order chi connectivity index (χ1) is 14.0. The average molecular weight is 420 g/mol. The molecule has 0 N–H and O–H groups in total. The number of anilines is 1. The molecule has 6 nitrogen and oxygen atoms in total. The first kappa shape index (κ1) is 20.7. The van der Waals surface area contributed by atoms with Crippen molar-refractivity contribution in [3.63, 3.8) is 0 Å². The second kappa shape index (κ2) is 8.64. The SMILES string of the molecule is CC1CCN(C(=O)c2cc(S(=O)(=O)N3CCCCC3)ccc2N2CCCC2)CC1. The molecule has 160 valence electrons. The van der Waals surface area contributed by atoms with Crippen LogP contribution in [0.1, 0.15) is 62.2 Å². The fourth-order valence-corrected chi connectivity index (χ4v) is 6.26. The minimum Gasteiger partial charge on any atom is -0.371 e. The van der Waals surface area contributed by atoms with Gasteiger partial charge in [-0.25, -0.2) is 8.42 Å². The molecule has 0 spiro atoms. The lowest BCUT2D eigenvalue weighted by Crippen LogP contribution is -2.39. The molecule has 3 heterocycles. The summed E-state index contributed by atoms with van der Waals surface area (Å²) in [4.78, 5) is 17.8. The van der Waals surface area contributed by atoms with Crippen molar-refractivity contribution in [3.05, 3.63) is 23.8 Å². The topological polar surface area (TPSA) is 60.9 Å². The summed E-state index contributed by atoms with van der Waals surface area (Å²) in [6, 6.07) is 5.21. The number of carbonyl (C=O) groups excluding carboxylic acids is 1. The number of likely N-dealkylation sites (tertiary alicyclic amines) is 1. The van der Waals surface area contributed by atoms with Crippen LogP contribution in [-0.2, 0) is 10.0 Å². The Morgan fingerprint density at radius 2 is 1.52 bits per heavy atom. The van der Waals surface area contributed by atoms with Crippen molar-refractivity contribution >= 4 is 21.6 Å². The number of rotatable bonds is 4. The van der Waals surface area contributed by atoms with Gasteiger partial charge in [0.15, 0.2) is 0 Å². The summed E-state index contributed by atoms with van der Waals surface area (Å²) in [7, 11) is -3.55. The number of amides is 1. The molecule has 3 fully saturated rings. The molecule has 0 saturated carbocycles. The summed E-state index contributed by atoms with van der Waals surface area (Å²) >= 11 is 0. The Balaban J connectivity index is 1.68. The number of hydrogen-bond donors (Lipinski definition) is 0. The van der Waals surface area contributed by atoms with Gasteiger partial charge in [-0.3, -0.25) is 4.79 Å². The largest absolute Gasteiger partial charge is 0.371 e. The molecular formula is C22H33N3O3S. The predicted octanol–water partition coefficient (Wildman–Crippen LogP) is 3.33. The quantitative estimate of drug-likeness (QED) is 0.751. The molecule has 1 aromatic rings. The molecule has 1 aromatic carbocycles. The minimum absolute atomic E-state index is 0.0190. The van der Waals surface area contributed by atoms with Gasteiger partial charge in [0, 0.05) is 45.0 Å². The third-order valence-corrected chi connectivity index (χ3v) is 8.56. The predicted molar refractivity (Wildman–Crippen MR) is 115 cm³/mol. The van der Waals surface area contributed by atoms with Crippen LogP contribution in [-0.4, -0.2) is 62.8 Å². The van der Waals surface area contributed by atoms with Crippen molar-refractivity contribution in [1.82, 2.24) is 9.21 Å². The summed E-state index contributed by atoms with van der Waals surface area (Å²) in [5.41, 5.74) is 1.45. The fourth-order valence-electron chi connectivity index (χ4n) is 4.72. The van der Waals surface area contributed by atoms with Crippen molar-refractivity contribution in [2.75, 3.05) is 44.2 Å². The van der Waals surface area contributed by atoms with E-state index in [0.717, 1.165) is 76.8 Å². The van der Waals surface area contributed by atoms with E-state index in [0.29, 0.717) is 24.6 Å². The van der Waals surface area contributed by atoms with Crippen LogP contribution >= 0.6 is 0 Å². The summed E-state index contributed by atoms with van der Waals surface area (Å²) in [5, 5.41) is 0. The monoisotopic (exact) mass is 419 g/mol. The van der Waals surface area contributed by atoms with E-state index >= 15 is 0 Å². The molecule has 7 heteroatoms. The summed E-state index contributed by atoms with van der Waals surface area (Å²) in [5.74, 6) is 0.623. The van der Waals surface area contributed by atoms with E-state index in [9.17, 15) is 13.2 Å². The molecular weight excluding hydrogens is 386 g/mol. The molecule has 4 rings (SSSR count). The molecule has 0 bridgehead atoms. The van der Waals surface area contributed by atoms with E-state index in [1.807, 2.05) is 11.0 Å². The van der Waals surface area contributed by atoms with Crippen molar-refractivity contribution in [2.45, 2.75) is 56.8 Å². The Morgan fingerprint density at radius 3 is 2.17 bits per heavy atom. The second-order valence-corrected chi connectivity index (χ2v) is 10.8. The standard InChI is InChI=1S/C22H33N3O3S/c1-18-9-15-24(16-10-18)22(26)20-17-19(7-8-21(20)23-11-5-6-12-23)29(27,28)25-13-3-2-4-14-25/h7-8,17-18H,2-6,9-16H2,1H3. The van der Waals surface area contributed by atoms with Crippen LogP contribution in [0.15, 0.2) is 23.1 Å². The summed E-state index contributed by atoms with van der Waals surface area (Å²) < 4.78 is 28.0. The molecule has 0 aliphatic carbocycles. The average Bonchev–Trinajstić information content (AvgIpc) is 3.29. The van der Waals surface area contributed by atoms with Crippen molar-refractivity contribution < 1.29 is 13.2 Å². The van der Waals surface area contributed by atoms with Gasteiger partial charge in [-0.05, 0) is 62.6 Å². The van der Waals surface area contributed by atoms with Crippen molar-refractivity contribution in [1.29, 1.82) is 0 Å². The fraction of sp³-hybridized carbons (Fsp3) is 0.682. The Morgan fingerprint density at radius 1 is 0.897 bits per heavy atom. The molecule has 0 atom stereocenters. The number of piperidine rings is 2. The Kier molecular flexibility index (Phi) is 6.16. The first-order valence-electron chi connectivity index (χ1n) is 11.2. The molecule has 3 aliphatic rings.